The van der Waals surface area contributed by atoms with Gasteiger partial charge >= 0.3 is 0 Å². The maximum absolute atomic E-state index is 14.2. The maximum atomic E-state index is 14.2. The van der Waals surface area contributed by atoms with Crippen molar-refractivity contribution in [2.75, 3.05) is 20.8 Å². The number of allylic oxidation sites excluding steroid dienone is 1. The first-order chi connectivity index (χ1) is 23.2. The molecule has 0 unspecified atom stereocenters. The molecule has 2 aliphatic heterocycles. The van der Waals surface area contributed by atoms with Crippen molar-refractivity contribution >= 4 is 38.5 Å². The van der Waals surface area contributed by atoms with Crippen molar-refractivity contribution in [1.29, 1.82) is 0 Å². The predicted molar refractivity (Wildman–Crippen MR) is 182 cm³/mol. The third kappa shape index (κ3) is 6.69. The largest absolute Gasteiger partial charge is 0.497 e. The Morgan fingerprint density at radius 2 is 1.88 bits per heavy atom. The Kier molecular flexibility index (Phi) is 9.33. The highest BCUT2D eigenvalue weighted by atomic mass is 32.2. The van der Waals surface area contributed by atoms with Crippen molar-refractivity contribution in [3.05, 3.63) is 36.5 Å². The minimum Gasteiger partial charge on any atom is -0.497 e. The van der Waals surface area contributed by atoms with Crippen LogP contribution < -0.4 is 30.0 Å². The molecule has 2 aromatic rings. The lowest BCUT2D eigenvalue weighted by Crippen LogP contribution is -2.58. The first kappa shape index (κ1) is 34.9. The van der Waals surface area contributed by atoms with E-state index in [1.54, 1.807) is 33.4 Å². The molecule has 1 aromatic carbocycles. The summed E-state index contributed by atoms with van der Waals surface area (Å²) in [5.74, 6) is -0.539. The summed E-state index contributed by atoms with van der Waals surface area (Å²) in [6.07, 6.45) is 8.37. The molecule has 0 bridgehead atoms. The molecule has 266 valence electrons. The van der Waals surface area contributed by atoms with Crippen LogP contribution in [0.3, 0.4) is 0 Å². The Morgan fingerprint density at radius 3 is 2.57 bits per heavy atom. The molecule has 4 aliphatic rings. The van der Waals surface area contributed by atoms with Crippen LogP contribution in [0.25, 0.3) is 10.8 Å². The molecule has 1 saturated heterocycles. The number of hydrogen-bond donors (Lipinski definition) is 3. The van der Waals surface area contributed by atoms with Crippen molar-refractivity contribution in [2.45, 2.75) is 94.2 Å². The van der Waals surface area contributed by atoms with E-state index in [4.69, 9.17) is 19.9 Å². The SMILES string of the molecule is COc1ccc2c(O[C@@H]3C[C@H]4C(=O)N[C@]5(C(=O)NS(=O)(=O)C6(C)CC6)C[C@H]5/C=C\CC[C@@H](C)C[C@@H](C)[C@H](N)C(=O)N4C3)ncc(OC)c2c1. The van der Waals surface area contributed by atoms with Gasteiger partial charge in [-0.25, -0.2) is 13.4 Å². The number of methoxy groups -OCH3 is 2. The topological polar surface area (TPSA) is 179 Å². The lowest BCUT2D eigenvalue weighted by Gasteiger charge is -2.30. The zero-order valence-corrected chi connectivity index (χ0v) is 29.5. The molecule has 0 spiro atoms. The van der Waals surface area contributed by atoms with Gasteiger partial charge in [0.15, 0.2) is 0 Å². The number of carbonyl (C=O) groups excluding carboxylic acids is 3. The number of aromatic nitrogens is 1. The third-order valence-electron chi connectivity index (χ3n) is 10.8. The van der Waals surface area contributed by atoms with E-state index in [-0.39, 0.29) is 37.1 Å². The van der Waals surface area contributed by atoms with Crippen molar-refractivity contribution in [1.82, 2.24) is 19.9 Å². The van der Waals surface area contributed by atoms with Gasteiger partial charge in [-0.15, -0.1) is 0 Å². The highest BCUT2D eigenvalue weighted by Gasteiger charge is 2.63. The van der Waals surface area contributed by atoms with Gasteiger partial charge in [-0.05, 0) is 75.5 Å². The number of carbonyl (C=O) groups is 3. The second kappa shape index (κ2) is 13.1. The summed E-state index contributed by atoms with van der Waals surface area (Å²) in [6, 6.07) is 3.52. The molecule has 4 N–H and O–H groups in total. The lowest BCUT2D eigenvalue weighted by atomic mass is 9.88. The molecule has 6 rings (SSSR count). The van der Waals surface area contributed by atoms with Gasteiger partial charge in [0, 0.05) is 23.1 Å². The quantitative estimate of drug-likeness (QED) is 0.365. The number of sulfonamides is 1. The molecule has 3 amide bonds. The van der Waals surface area contributed by atoms with Crippen LogP contribution in [0.15, 0.2) is 36.5 Å². The molecule has 0 radical (unpaired) electrons. The van der Waals surface area contributed by atoms with Crippen LogP contribution in [0.5, 0.6) is 17.4 Å². The van der Waals surface area contributed by atoms with E-state index < -0.39 is 56.2 Å². The highest BCUT2D eigenvalue weighted by molar-refractivity contribution is 7.91. The number of pyridine rings is 1. The lowest BCUT2D eigenvalue weighted by molar-refractivity contribution is -0.141. The molecule has 2 aliphatic carbocycles. The van der Waals surface area contributed by atoms with E-state index in [0.29, 0.717) is 41.0 Å². The minimum atomic E-state index is -3.95. The van der Waals surface area contributed by atoms with Crippen molar-refractivity contribution < 1.29 is 37.0 Å². The summed E-state index contributed by atoms with van der Waals surface area (Å²) in [5.41, 5.74) is 5.11. The van der Waals surface area contributed by atoms with Crippen LogP contribution >= 0.6 is 0 Å². The van der Waals surface area contributed by atoms with Crippen LogP contribution in [0.1, 0.15) is 65.7 Å². The zero-order chi connectivity index (χ0) is 35.3. The standard InChI is InChI=1S/C35H47N5O8S/c1-20-8-6-7-9-22-17-35(22,33(43)39-49(44,45)34(3)12-13-34)38-30(41)27-16-24(19-40(27)32(42)29(36)21(2)14-20)48-31-25-11-10-23(46-4)15-26(25)28(47-5)18-37-31/h7,9-11,15,18,20-22,24,27,29H,6,8,12-14,16-17,19,36H2,1-5H3,(H,38,41)(H,39,43)/b9-7-/t20-,21-,22-,24-,27+,29+,35-/m1/s1. The molecule has 3 fully saturated rings. The molecule has 49 heavy (non-hydrogen) atoms. The Bertz CT molecular complexity index is 1780. The summed E-state index contributed by atoms with van der Waals surface area (Å²) in [4.78, 5) is 47.9. The fourth-order valence-corrected chi connectivity index (χ4v) is 8.44. The fourth-order valence-electron chi connectivity index (χ4n) is 7.13. The summed E-state index contributed by atoms with van der Waals surface area (Å²) in [5, 5.41) is 4.27. The van der Waals surface area contributed by atoms with Crippen molar-refractivity contribution in [3.8, 4) is 17.4 Å². The van der Waals surface area contributed by atoms with Crippen LogP contribution in [-0.2, 0) is 24.4 Å². The molecule has 13 nitrogen and oxygen atoms in total. The van der Waals surface area contributed by atoms with Gasteiger partial charge in [-0.3, -0.25) is 19.1 Å². The van der Waals surface area contributed by atoms with Gasteiger partial charge in [-0.2, -0.15) is 0 Å². The van der Waals surface area contributed by atoms with Crippen LogP contribution in [0.2, 0.25) is 0 Å². The van der Waals surface area contributed by atoms with Crippen LogP contribution in [-0.4, -0.2) is 85.3 Å². The molecule has 1 aromatic heterocycles. The number of hydrogen-bond acceptors (Lipinski definition) is 10. The number of amides is 3. The van der Waals surface area contributed by atoms with E-state index in [0.717, 1.165) is 19.3 Å². The van der Waals surface area contributed by atoms with E-state index in [1.807, 2.05) is 31.2 Å². The molecule has 14 heteroatoms. The number of ether oxygens (including phenoxy) is 3. The Hall–Kier alpha value is -3.91. The number of nitrogens with one attached hydrogen (secondary N) is 2. The Balaban J connectivity index is 1.31. The molecule has 7 atom stereocenters. The smallest absolute Gasteiger partial charge is 0.259 e. The average Bonchev–Trinajstić information content (AvgIpc) is 3.95. The van der Waals surface area contributed by atoms with Gasteiger partial charge in [0.2, 0.25) is 27.7 Å². The second-order valence-electron chi connectivity index (χ2n) is 14.5. The first-order valence-corrected chi connectivity index (χ1v) is 18.5. The number of benzene rings is 1. The van der Waals surface area contributed by atoms with Gasteiger partial charge in [0.25, 0.3) is 5.91 Å². The normalized spacial score (nSPS) is 32.1. The number of fused-ring (bicyclic) bond motifs is 3. The zero-order valence-electron chi connectivity index (χ0n) is 28.7. The third-order valence-corrected chi connectivity index (χ3v) is 13.0. The molecular formula is C35H47N5O8S. The van der Waals surface area contributed by atoms with E-state index >= 15 is 0 Å². The number of rotatable bonds is 7. The van der Waals surface area contributed by atoms with E-state index in [2.05, 4.69) is 21.9 Å². The fraction of sp³-hybridized carbons (Fsp3) is 0.600. The van der Waals surface area contributed by atoms with E-state index in [1.165, 1.54) is 4.90 Å². The van der Waals surface area contributed by atoms with Gasteiger partial charge in [0.05, 0.1) is 37.8 Å². The second-order valence-corrected chi connectivity index (χ2v) is 16.7. The number of nitrogens with zero attached hydrogens (tertiary/aromatic N) is 2. The molecular weight excluding hydrogens is 650 g/mol. The van der Waals surface area contributed by atoms with Crippen LogP contribution in [0.4, 0.5) is 0 Å². The first-order valence-electron chi connectivity index (χ1n) is 17.0. The maximum Gasteiger partial charge on any atom is 0.259 e. The minimum absolute atomic E-state index is 0.0630. The molecule has 2 saturated carbocycles. The number of nitrogens with two attached hydrogens (primary N) is 1. The van der Waals surface area contributed by atoms with E-state index in [9.17, 15) is 22.8 Å². The van der Waals surface area contributed by atoms with Crippen LogP contribution in [0, 0.1) is 17.8 Å². The van der Waals surface area contributed by atoms with Gasteiger partial charge in [-0.1, -0.05) is 26.0 Å². The van der Waals surface area contributed by atoms with Crippen molar-refractivity contribution in [3.63, 3.8) is 0 Å². The van der Waals surface area contributed by atoms with Crippen molar-refractivity contribution in [2.24, 2.45) is 23.5 Å². The Morgan fingerprint density at radius 1 is 1.12 bits per heavy atom. The Labute approximate surface area is 287 Å². The summed E-state index contributed by atoms with van der Waals surface area (Å²) < 4.78 is 44.7. The summed E-state index contributed by atoms with van der Waals surface area (Å²) >= 11 is 0. The summed E-state index contributed by atoms with van der Waals surface area (Å²) in [6.45, 7) is 5.73. The van der Waals surface area contributed by atoms with Gasteiger partial charge in [0.1, 0.15) is 29.2 Å². The summed E-state index contributed by atoms with van der Waals surface area (Å²) in [7, 11) is -0.834. The average molecular weight is 698 g/mol. The van der Waals surface area contributed by atoms with Gasteiger partial charge < -0.3 is 30.2 Å². The highest BCUT2D eigenvalue weighted by Crippen LogP contribution is 2.47. The molecule has 3 heterocycles. The predicted octanol–water partition coefficient (Wildman–Crippen LogP) is 2.81. The monoisotopic (exact) mass is 697 g/mol.